The van der Waals surface area contributed by atoms with Gasteiger partial charge in [-0.3, -0.25) is 0 Å². The molecule has 0 atom stereocenters. The van der Waals surface area contributed by atoms with Crippen molar-refractivity contribution < 1.29 is 52.3 Å². The minimum absolute atomic E-state index is 0. The normalized spacial score (nSPS) is 4.00. The summed E-state index contributed by atoms with van der Waals surface area (Å²) in [7, 11) is 0. The van der Waals surface area contributed by atoms with Crippen LogP contribution < -0.4 is 0 Å². The molecule has 0 aliphatic rings. The second-order valence-electron chi connectivity index (χ2n) is 0.224. The smallest absolute Gasteiger partial charge is 0.0689 e. The van der Waals surface area contributed by atoms with E-state index in [2.05, 4.69) is 0 Å². The van der Waals surface area contributed by atoms with Gasteiger partial charge in [-0.05, 0) is 0 Å². The van der Waals surface area contributed by atoms with Crippen molar-refractivity contribution in [2.24, 2.45) is 0 Å². The molecule has 1 N–H and O–H groups in total. The Kier molecular flexibility index (Phi) is 24.3. The first-order valence-corrected chi connectivity index (χ1v) is 0.548. The summed E-state index contributed by atoms with van der Waals surface area (Å²) in [6, 6.07) is 0. The predicted molar refractivity (Wildman–Crippen MR) is 12.3 cm³/mol. The average Bonchev–Trinajstić information content (AvgIpc) is 0.811. The molecule has 0 saturated heterocycles. The summed E-state index contributed by atoms with van der Waals surface area (Å²) in [6.45, 7) is 0. The summed E-state index contributed by atoms with van der Waals surface area (Å²) >= 11 is 0. The number of nitrogens with zero attached hydrogens (tertiary/aromatic N) is 1. The third-order valence-electron chi connectivity index (χ3n) is 0. The van der Waals surface area contributed by atoms with E-state index in [1.807, 2.05) is 0 Å². The molecule has 6 heavy (non-hydrogen) atoms. The molecule has 0 radical (unpaired) electrons. The van der Waals surface area contributed by atoms with Crippen LogP contribution in [0.1, 0.15) is 0 Å². The zero-order valence-electron chi connectivity index (χ0n) is 2.62. The molecule has 0 saturated carbocycles. The molecule has 6 heteroatoms. The predicted octanol–water partition coefficient (Wildman–Crippen LogP) is -0.416. The minimum Gasteiger partial charge on any atom is -0.870 e. The van der Waals surface area contributed by atoms with E-state index >= 15 is 0 Å². The number of hydrogen-bond acceptors (Lipinski definition) is 4. The van der Waals surface area contributed by atoms with E-state index < -0.39 is 5.09 Å². The summed E-state index contributed by atoms with van der Waals surface area (Å²) in [5, 5.41) is 14.8. The summed E-state index contributed by atoms with van der Waals surface area (Å²) in [5.41, 5.74) is 0. The van der Waals surface area contributed by atoms with E-state index in [0.29, 0.717) is 0 Å². The zero-order valence-corrected chi connectivity index (χ0v) is 5.76. The van der Waals surface area contributed by atoms with Gasteiger partial charge in [0, 0.05) is 41.7 Å². The maximum Gasteiger partial charge on any atom is 0.0689 e. The fourth-order valence-electron chi connectivity index (χ4n) is 0. The van der Waals surface area contributed by atoms with Crippen molar-refractivity contribution in [3.05, 3.63) is 15.3 Å². The van der Waals surface area contributed by atoms with Gasteiger partial charge in [0.25, 0.3) is 0 Å². The molecule has 36 valence electrons. The number of hydrogen-bond donors (Lipinski definition) is 0. The third kappa shape index (κ3) is 197. The Morgan fingerprint density at radius 2 is 1.33 bits per heavy atom. The molecule has 0 aliphatic carbocycles. The van der Waals surface area contributed by atoms with Crippen LogP contribution in [0.2, 0.25) is 0 Å². The van der Waals surface area contributed by atoms with Gasteiger partial charge in [-0.2, -0.15) is 0 Å². The van der Waals surface area contributed by atoms with Crippen LogP contribution in [0.3, 0.4) is 0 Å². The largest absolute Gasteiger partial charge is 0.870 e. The SMILES string of the molecule is O=[N+]([O-])[O-].[Ce].[OH-]. The summed E-state index contributed by atoms with van der Waals surface area (Å²) in [6.07, 6.45) is 0. The van der Waals surface area contributed by atoms with E-state index in [4.69, 9.17) is 15.3 Å². The summed E-state index contributed by atoms with van der Waals surface area (Å²) in [5.74, 6) is 0. The van der Waals surface area contributed by atoms with Crippen molar-refractivity contribution >= 4 is 0 Å². The van der Waals surface area contributed by atoms with Gasteiger partial charge in [-0.25, -0.2) is 0 Å². The molecule has 0 aromatic rings. The monoisotopic (exact) mass is 219 g/mol. The van der Waals surface area contributed by atoms with Crippen molar-refractivity contribution in [2.45, 2.75) is 0 Å². The Morgan fingerprint density at radius 1 is 1.33 bits per heavy atom. The fourth-order valence-corrected chi connectivity index (χ4v) is 0. The Morgan fingerprint density at radius 3 is 1.33 bits per heavy atom. The third-order valence-corrected chi connectivity index (χ3v) is 0. The van der Waals surface area contributed by atoms with Gasteiger partial charge < -0.3 is 20.8 Å². The van der Waals surface area contributed by atoms with Crippen LogP contribution >= 0.6 is 0 Å². The van der Waals surface area contributed by atoms with Gasteiger partial charge in [0.15, 0.2) is 0 Å². The first-order chi connectivity index (χ1) is 1.73. The van der Waals surface area contributed by atoms with Crippen molar-refractivity contribution in [3.63, 3.8) is 0 Å². The van der Waals surface area contributed by atoms with Gasteiger partial charge in [0.1, 0.15) is 0 Å². The van der Waals surface area contributed by atoms with Crippen LogP contribution in [0.25, 0.3) is 0 Å². The Balaban J connectivity index is -0.0000000450. The van der Waals surface area contributed by atoms with Crippen LogP contribution in [-0.4, -0.2) is 10.6 Å². The van der Waals surface area contributed by atoms with E-state index in [0.717, 1.165) is 0 Å². The van der Waals surface area contributed by atoms with Crippen molar-refractivity contribution in [1.29, 1.82) is 0 Å². The van der Waals surface area contributed by atoms with Crippen LogP contribution in [0, 0.1) is 57.1 Å². The molecule has 0 spiro atoms. The van der Waals surface area contributed by atoms with Gasteiger partial charge in [0.2, 0.25) is 0 Å². The zero-order chi connectivity index (χ0) is 3.58. The second kappa shape index (κ2) is 9.11. The second-order valence-corrected chi connectivity index (χ2v) is 0.224. The van der Waals surface area contributed by atoms with Crippen molar-refractivity contribution in [2.75, 3.05) is 0 Å². The molecule has 0 rings (SSSR count). The van der Waals surface area contributed by atoms with Gasteiger partial charge >= 0.3 is 0 Å². The topological polar surface area (TPSA) is 96.2 Å². The molecule has 0 aromatic carbocycles. The first-order valence-electron chi connectivity index (χ1n) is 0.548. The molecule has 0 heterocycles. The first kappa shape index (κ1) is 16.0. The molecular formula is HCeNO4-2. The van der Waals surface area contributed by atoms with E-state index in [1.54, 1.807) is 0 Å². The quantitative estimate of drug-likeness (QED) is 0.408. The van der Waals surface area contributed by atoms with Gasteiger partial charge in [-0.1, -0.05) is 0 Å². The van der Waals surface area contributed by atoms with Crippen LogP contribution in [0.4, 0.5) is 0 Å². The number of rotatable bonds is 0. The molecule has 5 nitrogen and oxygen atoms in total. The van der Waals surface area contributed by atoms with Crippen molar-refractivity contribution in [1.82, 2.24) is 0 Å². The Labute approximate surface area is 67.1 Å². The maximum atomic E-state index is 8.25. The minimum atomic E-state index is -1.75. The summed E-state index contributed by atoms with van der Waals surface area (Å²) < 4.78 is 0. The van der Waals surface area contributed by atoms with E-state index in [-0.39, 0.29) is 47.2 Å². The summed E-state index contributed by atoms with van der Waals surface area (Å²) in [4.78, 5) is 8.25. The van der Waals surface area contributed by atoms with Crippen LogP contribution in [-0.2, 0) is 0 Å². The molecular weight excluding hydrogens is 218 g/mol. The molecule has 0 fully saturated rings. The molecule has 0 bridgehead atoms. The van der Waals surface area contributed by atoms with Gasteiger partial charge in [-0.15, -0.1) is 0 Å². The molecule has 0 unspecified atom stereocenters. The average molecular weight is 219 g/mol. The van der Waals surface area contributed by atoms with Crippen molar-refractivity contribution in [3.8, 4) is 0 Å². The van der Waals surface area contributed by atoms with Crippen LogP contribution in [0.5, 0.6) is 0 Å². The Bertz CT molecular complexity index is 30.5. The maximum absolute atomic E-state index is 8.25. The molecule has 0 aliphatic heterocycles. The standard InChI is InChI=1S/Ce.NO3.H2O/c;2-1(3)4;/h;;1H2/q;-1;/p-1. The van der Waals surface area contributed by atoms with E-state index in [1.165, 1.54) is 0 Å². The fraction of sp³-hybridized carbons (Fsp3) is 0. The Hall–Kier alpha value is 0.537. The molecule has 0 aromatic heterocycles. The molecule has 0 amide bonds. The van der Waals surface area contributed by atoms with Gasteiger partial charge in [0.05, 0.1) is 5.09 Å². The van der Waals surface area contributed by atoms with Crippen LogP contribution in [0.15, 0.2) is 0 Å². The van der Waals surface area contributed by atoms with E-state index in [9.17, 15) is 0 Å².